The third-order valence-corrected chi connectivity index (χ3v) is 18.6. The van der Waals surface area contributed by atoms with Gasteiger partial charge in [-0.2, -0.15) is 0 Å². The number of hydrogen-bond donors (Lipinski definition) is 4. The molecule has 105 heavy (non-hydrogen) atoms. The lowest BCUT2D eigenvalue weighted by atomic mass is 10.0. The van der Waals surface area contributed by atoms with Gasteiger partial charge in [0.2, 0.25) is 0 Å². The van der Waals surface area contributed by atoms with Crippen molar-refractivity contribution in [1.29, 1.82) is 0 Å². The topological polar surface area (TPSA) is 231 Å². The van der Waals surface area contributed by atoms with Crippen LogP contribution in [-0.4, -0.2) is 95.9 Å². The molecule has 5 atom stereocenters. The number of ether oxygens (including phenoxy) is 3. The smallest absolute Gasteiger partial charge is 0.463 e. The van der Waals surface area contributed by atoms with Gasteiger partial charge < -0.3 is 34.2 Å². The molecular weight excluding hydrogens is 1360 g/mol. The fourth-order valence-electron chi connectivity index (χ4n) is 10.6. The minimum absolute atomic E-state index is 0.0695. The molecule has 5 unspecified atom stereocenters. The summed E-state index contributed by atoms with van der Waals surface area (Å²) in [6, 6.07) is 0. The van der Waals surface area contributed by atoms with E-state index >= 15 is 0 Å². The van der Waals surface area contributed by atoms with Crippen molar-refractivity contribution in [2.24, 2.45) is 0 Å². The molecule has 0 spiro atoms. The number of hydrogen-bond acceptors (Lipinski definition) is 14. The highest BCUT2D eigenvalue weighted by Crippen LogP contribution is 2.45. The summed E-state index contributed by atoms with van der Waals surface area (Å²) in [6.45, 7) is 2.39. The Morgan fingerprint density at radius 3 is 0.800 bits per heavy atom. The zero-order valence-electron chi connectivity index (χ0n) is 65.6. The summed E-state index contributed by atoms with van der Waals surface area (Å²) in [5.74, 6) is -1.62. The van der Waals surface area contributed by atoms with Crippen LogP contribution >= 0.6 is 15.6 Å². The zero-order valence-corrected chi connectivity index (χ0v) is 67.4. The van der Waals surface area contributed by atoms with Crippen LogP contribution in [0.15, 0.2) is 158 Å². The Labute approximate surface area is 638 Å². The van der Waals surface area contributed by atoms with Gasteiger partial charge >= 0.3 is 33.6 Å². The van der Waals surface area contributed by atoms with Crippen molar-refractivity contribution in [2.75, 3.05) is 39.6 Å². The molecule has 0 fully saturated rings. The van der Waals surface area contributed by atoms with Crippen molar-refractivity contribution in [3.63, 3.8) is 0 Å². The minimum Gasteiger partial charge on any atom is -0.463 e. The van der Waals surface area contributed by atoms with Crippen LogP contribution in [0.4, 0.5) is 0 Å². The molecular formula is C87H146O16P2. The van der Waals surface area contributed by atoms with E-state index in [2.05, 4.69) is 179 Å². The molecule has 0 aromatic carbocycles. The summed E-state index contributed by atoms with van der Waals surface area (Å²) in [7, 11) is -9.81. The lowest BCUT2D eigenvalue weighted by Crippen LogP contribution is -2.30. The highest BCUT2D eigenvalue weighted by Gasteiger charge is 2.29. The summed E-state index contributed by atoms with van der Waals surface area (Å²) in [5, 5.41) is 20.7. The normalized spacial score (nSPS) is 14.8. The Balaban J connectivity index is 4.60. The molecule has 0 aliphatic carbocycles. The van der Waals surface area contributed by atoms with Crippen molar-refractivity contribution in [3.8, 4) is 0 Å². The molecule has 0 aromatic rings. The monoisotopic (exact) mass is 1510 g/mol. The Bertz CT molecular complexity index is 2540. The van der Waals surface area contributed by atoms with Gasteiger partial charge in [-0.25, -0.2) is 9.13 Å². The van der Waals surface area contributed by atoms with Gasteiger partial charge in [0.05, 0.1) is 26.4 Å². The maximum atomic E-state index is 13.0. The molecule has 600 valence electrons. The number of allylic oxidation sites excluding steroid dienone is 26. The highest BCUT2D eigenvalue weighted by molar-refractivity contribution is 7.47. The minimum atomic E-state index is -4.95. The fourth-order valence-corrected chi connectivity index (χ4v) is 12.2. The van der Waals surface area contributed by atoms with Gasteiger partial charge in [-0.3, -0.25) is 32.5 Å². The van der Waals surface area contributed by atoms with E-state index in [1.165, 1.54) is 83.5 Å². The number of phosphoric acid groups is 2. The average molecular weight is 1510 g/mol. The second-order valence-corrected chi connectivity index (χ2v) is 29.7. The molecule has 0 aliphatic rings. The van der Waals surface area contributed by atoms with E-state index in [1.54, 1.807) is 0 Å². The van der Waals surface area contributed by atoms with E-state index in [4.69, 9.17) is 32.3 Å². The summed E-state index contributed by atoms with van der Waals surface area (Å²) in [4.78, 5) is 58.7. The van der Waals surface area contributed by atoms with Crippen LogP contribution in [0, 0.1) is 0 Å². The standard InChI is InChI=1S/C87H146O16P2/c1-4-7-10-13-16-19-22-25-28-31-33-35-37-38-39-40-41-42-44-46-47-50-52-55-58-61-64-67-70-73-85(90)97-76-82(88)77-99-104(93,94)100-78-83(89)79-101-105(95,96)102-81-84(103-87(92)75-72-69-66-63-60-57-54-49-30-27-24-21-18-15-12-9-6-3)80-98-86(91)74-71-68-65-62-59-56-53-51-48-45-43-36-34-32-29-26-23-20-17-14-11-8-5-2/h7,9-10,12,16-21,25-30,33-36,38-39,45,48,54,57,82-84,88-89H,4-6,8,11,13-15,22-24,31-32,37,40-44,46-47,49-53,55-56,58-81H2,1-3H3,(H,93,94)(H,95,96)/b10-7-,12-9-,19-16-,20-17-,21-18-,28-25-,29-26-,30-27-,35-33-,36-34-,39-38-,48-45-,57-54-. The summed E-state index contributed by atoms with van der Waals surface area (Å²) in [6.07, 6.45) is 98.6. The Morgan fingerprint density at radius 1 is 0.276 bits per heavy atom. The molecule has 4 N–H and O–H groups in total. The van der Waals surface area contributed by atoms with Gasteiger partial charge in [0, 0.05) is 19.3 Å². The molecule has 18 heteroatoms. The first-order chi connectivity index (χ1) is 51.2. The molecule has 0 saturated carbocycles. The Morgan fingerprint density at radius 2 is 0.505 bits per heavy atom. The van der Waals surface area contributed by atoms with Crippen molar-refractivity contribution in [3.05, 3.63) is 158 Å². The highest BCUT2D eigenvalue weighted by atomic mass is 31.2. The molecule has 0 radical (unpaired) electrons. The number of rotatable bonds is 76. The lowest BCUT2D eigenvalue weighted by Gasteiger charge is -2.21. The number of aliphatic hydroxyl groups is 2. The third-order valence-electron chi connectivity index (χ3n) is 16.7. The Kier molecular flexibility index (Phi) is 75.1. The van der Waals surface area contributed by atoms with Crippen LogP contribution in [0.2, 0.25) is 0 Å². The summed E-state index contributed by atoms with van der Waals surface area (Å²) >= 11 is 0. The van der Waals surface area contributed by atoms with Crippen molar-refractivity contribution < 1.29 is 75.8 Å². The molecule has 0 saturated heterocycles. The van der Waals surface area contributed by atoms with Crippen LogP contribution in [-0.2, 0) is 55.8 Å². The number of aliphatic hydroxyl groups excluding tert-OH is 2. The van der Waals surface area contributed by atoms with Gasteiger partial charge in [-0.05, 0) is 148 Å². The molecule has 16 nitrogen and oxygen atoms in total. The van der Waals surface area contributed by atoms with Gasteiger partial charge in [-0.15, -0.1) is 0 Å². The number of carbonyl (C=O) groups is 3. The van der Waals surface area contributed by atoms with Crippen LogP contribution < -0.4 is 0 Å². The van der Waals surface area contributed by atoms with E-state index in [1.807, 2.05) is 0 Å². The summed E-state index contributed by atoms with van der Waals surface area (Å²) < 4.78 is 61.2. The molecule has 0 bridgehead atoms. The van der Waals surface area contributed by atoms with Crippen molar-refractivity contribution >= 4 is 33.6 Å². The van der Waals surface area contributed by atoms with E-state index in [0.29, 0.717) is 19.3 Å². The first-order valence-corrected chi connectivity index (χ1v) is 43.8. The third kappa shape index (κ3) is 80.0. The number of unbranched alkanes of at least 4 members (excludes halogenated alkanes) is 27. The molecule has 0 amide bonds. The molecule has 0 heterocycles. The van der Waals surface area contributed by atoms with Crippen molar-refractivity contribution in [2.45, 2.75) is 334 Å². The second-order valence-electron chi connectivity index (χ2n) is 26.8. The Hall–Kier alpha value is -4.83. The first-order valence-electron chi connectivity index (χ1n) is 40.8. The number of esters is 3. The second kappa shape index (κ2) is 78.7. The van der Waals surface area contributed by atoms with Gasteiger partial charge in [0.25, 0.3) is 0 Å². The van der Waals surface area contributed by atoms with E-state index in [0.717, 1.165) is 173 Å². The van der Waals surface area contributed by atoms with E-state index in [9.17, 15) is 43.5 Å². The zero-order chi connectivity index (χ0) is 76.6. The van der Waals surface area contributed by atoms with Crippen LogP contribution in [0.5, 0.6) is 0 Å². The number of phosphoric ester groups is 2. The van der Waals surface area contributed by atoms with E-state index in [-0.39, 0.29) is 19.3 Å². The van der Waals surface area contributed by atoms with Gasteiger partial charge in [0.15, 0.2) is 6.10 Å². The SMILES string of the molecule is CC/C=C\C/C=C\C/C=C\C/C=C\C/C=C\CCCCCCCCCCCCCCCC(=O)OCC(O)COP(=O)(O)OCC(O)COP(=O)(O)OCC(COC(=O)CCCCCCCCC/C=C\C/C=C\C/C=C\C/C=C\CCCCC)OC(=O)CCCCCC/C=C\C/C=C\C/C=C\C/C=C\CC. The lowest BCUT2D eigenvalue weighted by molar-refractivity contribution is -0.161. The molecule has 0 aliphatic heterocycles. The first kappa shape index (κ1) is 100. The summed E-state index contributed by atoms with van der Waals surface area (Å²) in [5.41, 5.74) is 0. The fraction of sp³-hybridized carbons (Fsp3) is 0.667. The van der Waals surface area contributed by atoms with Crippen molar-refractivity contribution in [1.82, 2.24) is 0 Å². The van der Waals surface area contributed by atoms with Gasteiger partial charge in [0.1, 0.15) is 25.4 Å². The molecule has 0 aromatic heterocycles. The number of carbonyl (C=O) groups excluding carboxylic acids is 3. The predicted octanol–water partition coefficient (Wildman–Crippen LogP) is 24.2. The quantitative estimate of drug-likeness (QED) is 0.0146. The van der Waals surface area contributed by atoms with Crippen LogP contribution in [0.3, 0.4) is 0 Å². The van der Waals surface area contributed by atoms with Gasteiger partial charge in [-0.1, -0.05) is 307 Å². The largest absolute Gasteiger partial charge is 0.472 e. The maximum absolute atomic E-state index is 13.0. The van der Waals surface area contributed by atoms with Crippen LogP contribution in [0.1, 0.15) is 316 Å². The van der Waals surface area contributed by atoms with Crippen LogP contribution in [0.25, 0.3) is 0 Å². The van der Waals surface area contributed by atoms with E-state index < -0.39 is 91.5 Å². The average Bonchev–Trinajstić information content (AvgIpc) is 0.941. The predicted molar refractivity (Wildman–Crippen MR) is 435 cm³/mol. The maximum Gasteiger partial charge on any atom is 0.472 e. The molecule has 0 rings (SSSR count).